The highest BCUT2D eigenvalue weighted by Crippen LogP contribution is 2.23. The normalized spacial score (nSPS) is 16.2. The zero-order valence-electron chi connectivity index (χ0n) is 14.0. The van der Waals surface area contributed by atoms with Gasteiger partial charge in [-0.3, -0.25) is 14.4 Å². The number of benzene rings is 1. The standard InChI is InChI=1S/C18H21N5OS/c24-18(14-23-10-3-7-19-23)22-9-4-8-21(11-12-22)13-17-20-15-5-1-2-6-16(15)25-17/h1-3,5-7,10H,4,8-9,11-14H2. The molecule has 0 aliphatic carbocycles. The molecule has 0 atom stereocenters. The molecule has 1 amide bonds. The number of para-hydroxylation sites is 1. The molecule has 0 N–H and O–H groups in total. The lowest BCUT2D eigenvalue weighted by atomic mass is 10.3. The molecule has 0 bridgehead atoms. The zero-order chi connectivity index (χ0) is 17.1. The first kappa shape index (κ1) is 16.2. The monoisotopic (exact) mass is 355 g/mol. The molecule has 6 nitrogen and oxygen atoms in total. The summed E-state index contributed by atoms with van der Waals surface area (Å²) in [6.07, 6.45) is 4.53. The molecule has 25 heavy (non-hydrogen) atoms. The molecule has 130 valence electrons. The molecule has 1 aliphatic heterocycles. The van der Waals surface area contributed by atoms with E-state index in [0.717, 1.165) is 49.7 Å². The molecule has 0 spiro atoms. The smallest absolute Gasteiger partial charge is 0.244 e. The van der Waals surface area contributed by atoms with Gasteiger partial charge >= 0.3 is 0 Å². The minimum Gasteiger partial charge on any atom is -0.340 e. The Hall–Kier alpha value is -2.25. The average Bonchev–Trinajstić information content (AvgIpc) is 3.20. The lowest BCUT2D eigenvalue weighted by Crippen LogP contribution is -2.37. The van der Waals surface area contributed by atoms with E-state index in [1.165, 1.54) is 4.70 Å². The number of nitrogens with zero attached hydrogens (tertiary/aromatic N) is 5. The molecular formula is C18H21N5OS. The van der Waals surface area contributed by atoms with Crippen molar-refractivity contribution in [2.24, 2.45) is 0 Å². The van der Waals surface area contributed by atoms with Crippen LogP contribution in [0.1, 0.15) is 11.4 Å². The molecule has 1 fully saturated rings. The van der Waals surface area contributed by atoms with Gasteiger partial charge in [0.2, 0.25) is 5.91 Å². The molecule has 0 saturated carbocycles. The third kappa shape index (κ3) is 3.88. The molecule has 4 rings (SSSR count). The van der Waals surface area contributed by atoms with Crippen LogP contribution in [-0.4, -0.2) is 56.7 Å². The number of hydrogen-bond acceptors (Lipinski definition) is 5. The summed E-state index contributed by atoms with van der Waals surface area (Å²) >= 11 is 1.76. The Morgan fingerprint density at radius 3 is 2.88 bits per heavy atom. The van der Waals surface area contributed by atoms with Crippen LogP contribution < -0.4 is 0 Å². The Kier molecular flexibility index (Phi) is 4.76. The first-order valence-corrected chi connectivity index (χ1v) is 9.41. The first-order valence-electron chi connectivity index (χ1n) is 8.60. The second-order valence-corrected chi connectivity index (χ2v) is 7.40. The number of aromatic nitrogens is 3. The third-order valence-corrected chi connectivity index (χ3v) is 5.52. The molecule has 3 aromatic rings. The summed E-state index contributed by atoms with van der Waals surface area (Å²) in [7, 11) is 0. The van der Waals surface area contributed by atoms with E-state index in [1.54, 1.807) is 22.2 Å². The number of carbonyl (C=O) groups excluding carboxylic acids is 1. The largest absolute Gasteiger partial charge is 0.340 e. The van der Waals surface area contributed by atoms with Crippen molar-refractivity contribution >= 4 is 27.5 Å². The second kappa shape index (κ2) is 7.33. The summed E-state index contributed by atoms with van der Waals surface area (Å²) in [6.45, 7) is 4.66. The van der Waals surface area contributed by atoms with E-state index in [9.17, 15) is 4.79 Å². The summed E-state index contributed by atoms with van der Waals surface area (Å²) in [5.41, 5.74) is 1.08. The lowest BCUT2D eigenvalue weighted by Gasteiger charge is -2.21. The van der Waals surface area contributed by atoms with Gasteiger partial charge in [0.25, 0.3) is 0 Å². The van der Waals surface area contributed by atoms with Crippen molar-refractivity contribution < 1.29 is 4.79 Å². The van der Waals surface area contributed by atoms with Crippen molar-refractivity contribution in [2.75, 3.05) is 26.2 Å². The first-order chi connectivity index (χ1) is 12.3. The number of hydrogen-bond donors (Lipinski definition) is 0. The Morgan fingerprint density at radius 1 is 1.12 bits per heavy atom. The van der Waals surface area contributed by atoms with Gasteiger partial charge in [-0.15, -0.1) is 11.3 Å². The van der Waals surface area contributed by atoms with Crippen LogP contribution in [0.15, 0.2) is 42.7 Å². The van der Waals surface area contributed by atoms with Crippen LogP contribution in [0.5, 0.6) is 0 Å². The molecule has 0 unspecified atom stereocenters. The highest BCUT2D eigenvalue weighted by Gasteiger charge is 2.20. The van der Waals surface area contributed by atoms with Crippen molar-refractivity contribution in [1.29, 1.82) is 0 Å². The molecular weight excluding hydrogens is 334 g/mol. The summed E-state index contributed by atoms with van der Waals surface area (Å²) in [6, 6.07) is 10.1. The maximum Gasteiger partial charge on any atom is 0.244 e. The number of amides is 1. The Balaban J connectivity index is 1.35. The number of carbonyl (C=O) groups is 1. The highest BCUT2D eigenvalue weighted by atomic mass is 32.1. The molecule has 1 aromatic carbocycles. The highest BCUT2D eigenvalue weighted by molar-refractivity contribution is 7.18. The molecule has 0 radical (unpaired) electrons. The van der Waals surface area contributed by atoms with Gasteiger partial charge in [-0.1, -0.05) is 12.1 Å². The minimum atomic E-state index is 0.144. The van der Waals surface area contributed by atoms with E-state index in [4.69, 9.17) is 4.98 Å². The zero-order valence-corrected chi connectivity index (χ0v) is 14.9. The van der Waals surface area contributed by atoms with E-state index in [2.05, 4.69) is 28.2 Å². The van der Waals surface area contributed by atoms with Crippen LogP contribution in [0.4, 0.5) is 0 Å². The van der Waals surface area contributed by atoms with E-state index >= 15 is 0 Å². The summed E-state index contributed by atoms with van der Waals surface area (Å²) in [4.78, 5) is 21.5. The molecule has 2 aromatic heterocycles. The molecule has 1 saturated heterocycles. The molecule has 1 aliphatic rings. The van der Waals surface area contributed by atoms with Crippen LogP contribution in [0.2, 0.25) is 0 Å². The SMILES string of the molecule is O=C(Cn1cccn1)N1CCCN(Cc2nc3ccccc3s2)CC1. The second-order valence-electron chi connectivity index (χ2n) is 6.29. The summed E-state index contributed by atoms with van der Waals surface area (Å²) < 4.78 is 2.93. The van der Waals surface area contributed by atoms with Crippen molar-refractivity contribution in [3.8, 4) is 0 Å². The van der Waals surface area contributed by atoms with Gasteiger partial charge in [0.05, 0.1) is 16.8 Å². The Labute approximate surface area is 150 Å². The maximum atomic E-state index is 12.4. The fraction of sp³-hybridized carbons (Fsp3) is 0.389. The molecule has 7 heteroatoms. The third-order valence-electron chi connectivity index (χ3n) is 4.49. The van der Waals surface area contributed by atoms with Crippen molar-refractivity contribution in [3.05, 3.63) is 47.7 Å². The summed E-state index contributed by atoms with van der Waals surface area (Å²) in [5, 5.41) is 5.27. The van der Waals surface area contributed by atoms with Gasteiger partial charge in [0.1, 0.15) is 11.6 Å². The number of fused-ring (bicyclic) bond motifs is 1. The van der Waals surface area contributed by atoms with Crippen molar-refractivity contribution in [1.82, 2.24) is 24.6 Å². The predicted molar refractivity (Wildman–Crippen MR) is 98.3 cm³/mol. The van der Waals surface area contributed by atoms with Crippen LogP contribution in [0.3, 0.4) is 0 Å². The molecule has 3 heterocycles. The fourth-order valence-corrected chi connectivity index (χ4v) is 4.20. The predicted octanol–water partition coefficient (Wildman–Crippen LogP) is 2.23. The Morgan fingerprint density at radius 2 is 2.04 bits per heavy atom. The average molecular weight is 355 g/mol. The van der Waals surface area contributed by atoms with E-state index in [0.29, 0.717) is 6.54 Å². The van der Waals surface area contributed by atoms with Gasteiger partial charge in [0, 0.05) is 38.6 Å². The van der Waals surface area contributed by atoms with Crippen LogP contribution in [-0.2, 0) is 17.9 Å². The maximum absolute atomic E-state index is 12.4. The van der Waals surface area contributed by atoms with E-state index < -0.39 is 0 Å². The topological polar surface area (TPSA) is 54.3 Å². The van der Waals surface area contributed by atoms with Gasteiger partial charge in [0.15, 0.2) is 0 Å². The van der Waals surface area contributed by atoms with E-state index in [1.807, 2.05) is 23.2 Å². The van der Waals surface area contributed by atoms with Crippen LogP contribution in [0, 0.1) is 0 Å². The number of thiazole rings is 1. The summed E-state index contributed by atoms with van der Waals surface area (Å²) in [5.74, 6) is 0.144. The van der Waals surface area contributed by atoms with Crippen LogP contribution >= 0.6 is 11.3 Å². The van der Waals surface area contributed by atoms with Crippen LogP contribution in [0.25, 0.3) is 10.2 Å². The number of rotatable bonds is 4. The fourth-order valence-electron chi connectivity index (χ4n) is 3.19. The minimum absolute atomic E-state index is 0.144. The van der Waals surface area contributed by atoms with Crippen molar-refractivity contribution in [3.63, 3.8) is 0 Å². The van der Waals surface area contributed by atoms with Gasteiger partial charge in [-0.05, 0) is 24.6 Å². The van der Waals surface area contributed by atoms with Crippen molar-refractivity contribution in [2.45, 2.75) is 19.5 Å². The van der Waals surface area contributed by atoms with Gasteiger partial charge in [-0.25, -0.2) is 4.98 Å². The quantitative estimate of drug-likeness (QED) is 0.720. The van der Waals surface area contributed by atoms with E-state index in [-0.39, 0.29) is 5.91 Å². The Bertz CT molecular complexity index is 811. The van der Waals surface area contributed by atoms with Gasteiger partial charge < -0.3 is 4.90 Å². The lowest BCUT2D eigenvalue weighted by molar-refractivity contribution is -0.131. The van der Waals surface area contributed by atoms with Gasteiger partial charge in [-0.2, -0.15) is 5.10 Å².